The van der Waals surface area contributed by atoms with Gasteiger partial charge in [0, 0.05) is 11.6 Å². The fourth-order valence-corrected chi connectivity index (χ4v) is 2.91. The molecule has 29 heavy (non-hydrogen) atoms. The van der Waals surface area contributed by atoms with Gasteiger partial charge in [-0.1, -0.05) is 29.4 Å². The summed E-state index contributed by atoms with van der Waals surface area (Å²) >= 11 is 0. The highest BCUT2D eigenvalue weighted by Gasteiger charge is 2.17. The van der Waals surface area contributed by atoms with Crippen LogP contribution in [0, 0.1) is 0 Å². The van der Waals surface area contributed by atoms with Crippen LogP contribution in [0.4, 0.5) is 0 Å². The Bertz CT molecular complexity index is 1180. The SMILES string of the molecule is C=CCn1c(=O)n(CC=C)c(=O)n(Cc2cc(-c3ccccc3OC)no2)c1=O. The number of benzene rings is 1. The van der Waals surface area contributed by atoms with Gasteiger partial charge < -0.3 is 9.26 Å². The van der Waals surface area contributed by atoms with Crippen molar-refractivity contribution in [1.82, 2.24) is 18.9 Å². The summed E-state index contributed by atoms with van der Waals surface area (Å²) in [5.74, 6) is 0.886. The number of hydrogen-bond donors (Lipinski definition) is 0. The van der Waals surface area contributed by atoms with Gasteiger partial charge in [0.25, 0.3) is 0 Å². The van der Waals surface area contributed by atoms with Crippen LogP contribution in [0.25, 0.3) is 11.3 Å². The molecule has 0 saturated carbocycles. The average molecular weight is 396 g/mol. The maximum atomic E-state index is 12.7. The summed E-state index contributed by atoms with van der Waals surface area (Å²) in [5.41, 5.74) is -1.02. The minimum Gasteiger partial charge on any atom is -0.496 e. The molecule has 0 bridgehead atoms. The predicted octanol–water partition coefficient (Wildman–Crippen LogP) is 1.26. The minimum absolute atomic E-state index is 0.0298. The Morgan fingerprint density at radius 1 is 1.00 bits per heavy atom. The second-order valence-electron chi connectivity index (χ2n) is 6.11. The van der Waals surface area contributed by atoms with Crippen molar-refractivity contribution in [2.75, 3.05) is 7.11 Å². The first-order valence-electron chi connectivity index (χ1n) is 8.77. The number of aromatic nitrogens is 4. The maximum Gasteiger partial charge on any atom is 0.337 e. The Kier molecular flexibility index (Phi) is 5.77. The molecular weight excluding hydrogens is 376 g/mol. The summed E-state index contributed by atoms with van der Waals surface area (Å²) < 4.78 is 13.4. The Morgan fingerprint density at radius 2 is 1.59 bits per heavy atom. The fourth-order valence-electron chi connectivity index (χ4n) is 2.91. The summed E-state index contributed by atoms with van der Waals surface area (Å²) in [5, 5.41) is 4.01. The first kappa shape index (κ1) is 19.9. The lowest BCUT2D eigenvalue weighted by Gasteiger charge is -2.10. The van der Waals surface area contributed by atoms with Gasteiger partial charge in [0.1, 0.15) is 11.4 Å². The van der Waals surface area contributed by atoms with Crippen molar-refractivity contribution in [2.24, 2.45) is 0 Å². The average Bonchev–Trinajstić information content (AvgIpc) is 3.20. The van der Waals surface area contributed by atoms with Gasteiger partial charge in [-0.15, -0.1) is 13.2 Å². The Hall–Kier alpha value is -3.88. The number of hydrogen-bond acceptors (Lipinski definition) is 6. The molecule has 0 N–H and O–H groups in total. The lowest BCUT2D eigenvalue weighted by Crippen LogP contribution is -2.54. The molecule has 9 heteroatoms. The summed E-state index contributed by atoms with van der Waals surface area (Å²) in [6.45, 7) is 6.85. The summed E-state index contributed by atoms with van der Waals surface area (Å²) in [4.78, 5) is 37.8. The molecule has 9 nitrogen and oxygen atoms in total. The minimum atomic E-state index is -0.754. The normalized spacial score (nSPS) is 10.7. The molecule has 2 heterocycles. The fraction of sp³-hybridized carbons (Fsp3) is 0.200. The van der Waals surface area contributed by atoms with Crippen molar-refractivity contribution in [3.63, 3.8) is 0 Å². The van der Waals surface area contributed by atoms with Gasteiger partial charge in [0.15, 0.2) is 5.76 Å². The van der Waals surface area contributed by atoms with Crippen molar-refractivity contribution in [3.05, 3.63) is 92.9 Å². The van der Waals surface area contributed by atoms with Crippen LogP contribution in [-0.4, -0.2) is 26.0 Å². The van der Waals surface area contributed by atoms with Crippen molar-refractivity contribution in [1.29, 1.82) is 0 Å². The Balaban J connectivity index is 2.07. The molecule has 1 aromatic carbocycles. The number of rotatable bonds is 8. The number of nitrogens with zero attached hydrogens (tertiary/aromatic N) is 4. The molecule has 0 unspecified atom stereocenters. The highest BCUT2D eigenvalue weighted by Crippen LogP contribution is 2.28. The van der Waals surface area contributed by atoms with Gasteiger partial charge in [-0.05, 0) is 12.1 Å². The monoisotopic (exact) mass is 396 g/mol. The zero-order chi connectivity index (χ0) is 21.0. The van der Waals surface area contributed by atoms with E-state index in [4.69, 9.17) is 9.26 Å². The summed E-state index contributed by atoms with van der Waals surface area (Å²) in [6.07, 6.45) is 2.81. The molecule has 0 spiro atoms. The first-order valence-corrected chi connectivity index (χ1v) is 8.77. The standard InChI is InChI=1S/C20H20N4O5/c1-4-10-22-18(25)23(11-5-2)20(27)24(19(22)26)13-14-12-16(21-29-14)15-8-6-7-9-17(15)28-3/h4-9,12H,1-2,10-11,13H2,3H3. The van der Waals surface area contributed by atoms with Gasteiger partial charge in [0.05, 0.1) is 26.7 Å². The van der Waals surface area contributed by atoms with Crippen LogP contribution in [0.3, 0.4) is 0 Å². The zero-order valence-corrected chi connectivity index (χ0v) is 15.9. The molecule has 150 valence electrons. The number of allylic oxidation sites excluding steroid dienone is 2. The van der Waals surface area contributed by atoms with E-state index in [0.29, 0.717) is 17.0 Å². The van der Waals surface area contributed by atoms with E-state index in [-0.39, 0.29) is 25.4 Å². The molecule has 0 aliphatic carbocycles. The van der Waals surface area contributed by atoms with E-state index in [1.807, 2.05) is 18.2 Å². The van der Waals surface area contributed by atoms with E-state index in [1.54, 1.807) is 19.2 Å². The Labute approximate surface area is 165 Å². The third-order valence-corrected chi connectivity index (χ3v) is 4.26. The lowest BCUT2D eigenvalue weighted by atomic mass is 10.1. The van der Waals surface area contributed by atoms with Gasteiger partial charge in [-0.25, -0.2) is 28.1 Å². The summed E-state index contributed by atoms with van der Waals surface area (Å²) in [6, 6.07) is 8.87. The highest BCUT2D eigenvalue weighted by molar-refractivity contribution is 5.66. The van der Waals surface area contributed by atoms with E-state index in [1.165, 1.54) is 12.2 Å². The van der Waals surface area contributed by atoms with Gasteiger partial charge >= 0.3 is 17.1 Å². The van der Waals surface area contributed by atoms with Crippen LogP contribution in [0.1, 0.15) is 5.76 Å². The molecule has 0 radical (unpaired) electrons. The number of ether oxygens (including phenoxy) is 1. The molecule has 0 fully saturated rings. The van der Waals surface area contributed by atoms with Crippen LogP contribution in [0.15, 0.2) is 74.5 Å². The van der Waals surface area contributed by atoms with E-state index in [0.717, 1.165) is 13.7 Å². The maximum absolute atomic E-state index is 12.7. The molecule has 0 atom stereocenters. The molecule has 0 aliphatic rings. The quantitative estimate of drug-likeness (QED) is 0.531. The second kappa shape index (κ2) is 8.42. The van der Waals surface area contributed by atoms with Gasteiger partial charge in [-0.3, -0.25) is 0 Å². The molecule has 0 aliphatic heterocycles. The van der Waals surface area contributed by atoms with Gasteiger partial charge in [0.2, 0.25) is 0 Å². The Morgan fingerprint density at radius 3 is 2.17 bits per heavy atom. The molecule has 2 aromatic heterocycles. The number of para-hydroxylation sites is 1. The van der Waals surface area contributed by atoms with Crippen LogP contribution in [0.5, 0.6) is 5.75 Å². The molecule has 3 rings (SSSR count). The van der Waals surface area contributed by atoms with Crippen LogP contribution < -0.4 is 21.8 Å². The zero-order valence-electron chi connectivity index (χ0n) is 15.9. The predicted molar refractivity (Wildman–Crippen MR) is 107 cm³/mol. The third-order valence-electron chi connectivity index (χ3n) is 4.26. The molecule has 0 amide bonds. The van der Waals surface area contributed by atoms with Crippen LogP contribution >= 0.6 is 0 Å². The van der Waals surface area contributed by atoms with Crippen molar-refractivity contribution in [2.45, 2.75) is 19.6 Å². The molecular formula is C20H20N4O5. The molecule has 0 saturated heterocycles. The van der Waals surface area contributed by atoms with Gasteiger partial charge in [-0.2, -0.15) is 0 Å². The van der Waals surface area contributed by atoms with Crippen LogP contribution in [0.2, 0.25) is 0 Å². The van der Waals surface area contributed by atoms with E-state index in [2.05, 4.69) is 18.3 Å². The van der Waals surface area contributed by atoms with Crippen molar-refractivity contribution >= 4 is 0 Å². The third kappa shape index (κ3) is 3.75. The summed E-state index contributed by atoms with van der Waals surface area (Å²) in [7, 11) is 1.55. The van der Waals surface area contributed by atoms with Crippen molar-refractivity contribution < 1.29 is 9.26 Å². The largest absolute Gasteiger partial charge is 0.496 e. The van der Waals surface area contributed by atoms with Crippen molar-refractivity contribution in [3.8, 4) is 17.0 Å². The number of methoxy groups -OCH3 is 1. The lowest BCUT2D eigenvalue weighted by molar-refractivity contribution is 0.366. The first-order chi connectivity index (χ1) is 14.0. The second-order valence-corrected chi connectivity index (χ2v) is 6.11. The molecule has 3 aromatic rings. The topological polar surface area (TPSA) is 101 Å². The highest BCUT2D eigenvalue weighted by atomic mass is 16.5. The van der Waals surface area contributed by atoms with E-state index in [9.17, 15) is 14.4 Å². The van der Waals surface area contributed by atoms with E-state index >= 15 is 0 Å². The smallest absolute Gasteiger partial charge is 0.337 e. The van der Waals surface area contributed by atoms with E-state index < -0.39 is 17.1 Å². The van der Waals surface area contributed by atoms with Crippen LogP contribution in [-0.2, 0) is 19.6 Å².